The Kier molecular flexibility index (Phi) is 6.18. The third-order valence-corrected chi connectivity index (χ3v) is 8.30. The summed E-state index contributed by atoms with van der Waals surface area (Å²) < 4.78 is 38.2. The molecule has 0 saturated carbocycles. The number of carbonyl (C=O) groups is 2. The molecule has 0 aromatic heterocycles. The van der Waals surface area contributed by atoms with E-state index in [0.717, 1.165) is 5.56 Å². The van der Waals surface area contributed by atoms with E-state index in [1.807, 2.05) is 18.2 Å². The Balaban J connectivity index is 1.19. The van der Waals surface area contributed by atoms with Crippen LogP contribution in [0.1, 0.15) is 12.0 Å². The van der Waals surface area contributed by atoms with Gasteiger partial charge in [0.2, 0.25) is 21.8 Å². The zero-order valence-corrected chi connectivity index (χ0v) is 19.6. The third-order valence-electron chi connectivity index (χ3n) is 6.45. The van der Waals surface area contributed by atoms with Gasteiger partial charge in [-0.3, -0.25) is 9.59 Å². The summed E-state index contributed by atoms with van der Waals surface area (Å²) in [6.45, 7) is 2.40. The maximum Gasteiger partial charge on any atom is 0.228 e. The van der Waals surface area contributed by atoms with Gasteiger partial charge in [-0.05, 0) is 17.7 Å². The minimum atomic E-state index is -3.45. The number of hydrogen-bond acceptors (Lipinski definition) is 6. The molecule has 2 aromatic rings. The van der Waals surface area contributed by atoms with Crippen LogP contribution in [-0.2, 0) is 25.4 Å². The maximum atomic E-state index is 13.1. The Hall–Kier alpha value is -3.11. The van der Waals surface area contributed by atoms with E-state index < -0.39 is 15.9 Å². The topological polar surface area (TPSA) is 96.5 Å². The molecule has 0 N–H and O–H groups in total. The molecular formula is C24H27N3O6S. The molecule has 0 unspecified atom stereocenters. The van der Waals surface area contributed by atoms with E-state index in [0.29, 0.717) is 50.0 Å². The maximum absolute atomic E-state index is 13.1. The zero-order chi connectivity index (χ0) is 23.7. The van der Waals surface area contributed by atoms with Crippen LogP contribution in [0, 0.1) is 5.92 Å². The lowest BCUT2D eigenvalue weighted by atomic mass is 10.1. The van der Waals surface area contributed by atoms with Gasteiger partial charge in [-0.15, -0.1) is 0 Å². The number of benzene rings is 2. The van der Waals surface area contributed by atoms with Gasteiger partial charge in [0.05, 0.1) is 11.7 Å². The number of amides is 2. The van der Waals surface area contributed by atoms with Gasteiger partial charge >= 0.3 is 0 Å². The van der Waals surface area contributed by atoms with Crippen molar-refractivity contribution < 1.29 is 27.5 Å². The van der Waals surface area contributed by atoms with Crippen molar-refractivity contribution in [2.75, 3.05) is 50.8 Å². The van der Waals surface area contributed by atoms with E-state index in [1.54, 1.807) is 40.1 Å². The van der Waals surface area contributed by atoms with Crippen molar-refractivity contribution in [3.63, 3.8) is 0 Å². The fraction of sp³-hybridized carbons (Fsp3) is 0.417. The molecule has 3 heterocycles. The highest BCUT2D eigenvalue weighted by Crippen LogP contribution is 2.36. The molecule has 0 aliphatic carbocycles. The molecule has 180 valence electrons. The summed E-state index contributed by atoms with van der Waals surface area (Å²) in [5.41, 5.74) is 1.42. The van der Waals surface area contributed by atoms with Crippen molar-refractivity contribution in [2.24, 2.45) is 5.92 Å². The summed E-state index contributed by atoms with van der Waals surface area (Å²) in [5.74, 6) is 0.526. The smallest absolute Gasteiger partial charge is 0.228 e. The lowest BCUT2D eigenvalue weighted by Crippen LogP contribution is -2.52. The molecule has 0 radical (unpaired) electrons. The molecule has 2 aromatic carbocycles. The van der Waals surface area contributed by atoms with Gasteiger partial charge in [0.25, 0.3) is 0 Å². The fourth-order valence-corrected chi connectivity index (χ4v) is 6.16. The van der Waals surface area contributed by atoms with Crippen LogP contribution in [0.3, 0.4) is 0 Å². The summed E-state index contributed by atoms with van der Waals surface area (Å²) >= 11 is 0. The highest BCUT2D eigenvalue weighted by molar-refractivity contribution is 7.88. The Labute approximate surface area is 198 Å². The van der Waals surface area contributed by atoms with E-state index in [4.69, 9.17) is 9.47 Å². The van der Waals surface area contributed by atoms with Crippen LogP contribution in [0.2, 0.25) is 0 Å². The first-order valence-electron chi connectivity index (χ1n) is 11.4. The Bertz CT molecular complexity index is 1180. The summed E-state index contributed by atoms with van der Waals surface area (Å²) in [5, 5.41) is 0. The lowest BCUT2D eigenvalue weighted by Gasteiger charge is -2.35. The van der Waals surface area contributed by atoms with Crippen LogP contribution < -0.4 is 14.4 Å². The molecule has 2 amide bonds. The average Bonchev–Trinajstić information content (AvgIpc) is 3.25. The molecular weight excluding hydrogens is 458 g/mol. The number of piperazine rings is 1. The second-order valence-electron chi connectivity index (χ2n) is 8.70. The second-order valence-corrected chi connectivity index (χ2v) is 10.7. The molecule has 34 heavy (non-hydrogen) atoms. The number of rotatable bonds is 5. The van der Waals surface area contributed by atoms with E-state index >= 15 is 0 Å². The summed E-state index contributed by atoms with van der Waals surface area (Å²) in [4.78, 5) is 29.1. The van der Waals surface area contributed by atoms with Crippen molar-refractivity contribution in [1.82, 2.24) is 9.21 Å². The van der Waals surface area contributed by atoms with Crippen LogP contribution in [0.15, 0.2) is 48.5 Å². The average molecular weight is 486 g/mol. The van der Waals surface area contributed by atoms with Gasteiger partial charge in [0.1, 0.15) is 13.2 Å². The van der Waals surface area contributed by atoms with Gasteiger partial charge in [-0.2, -0.15) is 4.31 Å². The number of fused-ring (bicyclic) bond motifs is 1. The van der Waals surface area contributed by atoms with Gasteiger partial charge in [0.15, 0.2) is 11.5 Å². The SMILES string of the molecule is O=C([C@H]1CC(=O)N(c2ccc3c(c2)OCCO3)C1)N1CCN(S(=O)(=O)Cc2ccccc2)CC1. The Morgan fingerprint density at radius 3 is 2.38 bits per heavy atom. The second kappa shape index (κ2) is 9.27. The first kappa shape index (κ1) is 22.7. The van der Waals surface area contributed by atoms with E-state index in [-0.39, 0.29) is 37.1 Å². The number of sulfonamides is 1. The van der Waals surface area contributed by atoms with Crippen LogP contribution in [0.5, 0.6) is 11.5 Å². The number of ether oxygens (including phenoxy) is 2. The first-order valence-corrected chi connectivity index (χ1v) is 13.0. The van der Waals surface area contributed by atoms with E-state index in [9.17, 15) is 18.0 Å². The highest BCUT2D eigenvalue weighted by Gasteiger charge is 2.39. The van der Waals surface area contributed by atoms with Gasteiger partial charge in [-0.1, -0.05) is 30.3 Å². The standard InChI is InChI=1S/C24H27N3O6S/c28-23-14-19(16-27(23)20-6-7-21-22(15-20)33-13-12-32-21)24(29)25-8-10-26(11-9-25)34(30,31)17-18-4-2-1-3-5-18/h1-7,15,19H,8-14,16-17H2/t19-/m0/s1. The lowest BCUT2D eigenvalue weighted by molar-refractivity contribution is -0.136. The van der Waals surface area contributed by atoms with Gasteiger partial charge < -0.3 is 19.3 Å². The molecule has 10 heteroatoms. The monoisotopic (exact) mass is 485 g/mol. The molecule has 0 spiro atoms. The van der Waals surface area contributed by atoms with Gasteiger partial charge in [0, 0.05) is 50.9 Å². The molecule has 3 aliphatic rings. The van der Waals surface area contributed by atoms with Crippen molar-refractivity contribution in [1.29, 1.82) is 0 Å². The zero-order valence-electron chi connectivity index (χ0n) is 18.8. The Morgan fingerprint density at radius 1 is 0.941 bits per heavy atom. The quantitative estimate of drug-likeness (QED) is 0.637. The molecule has 2 fully saturated rings. The fourth-order valence-electron chi connectivity index (χ4n) is 4.64. The van der Waals surface area contributed by atoms with Crippen LogP contribution in [0.4, 0.5) is 5.69 Å². The van der Waals surface area contributed by atoms with Crippen LogP contribution in [0.25, 0.3) is 0 Å². The van der Waals surface area contributed by atoms with Crippen molar-refractivity contribution in [3.05, 3.63) is 54.1 Å². The number of nitrogens with zero attached hydrogens (tertiary/aromatic N) is 3. The molecule has 1 atom stereocenters. The normalized spacial score (nSPS) is 21.1. The molecule has 9 nitrogen and oxygen atoms in total. The molecule has 5 rings (SSSR count). The van der Waals surface area contributed by atoms with Gasteiger partial charge in [-0.25, -0.2) is 8.42 Å². The minimum Gasteiger partial charge on any atom is -0.486 e. The summed E-state index contributed by atoms with van der Waals surface area (Å²) in [6.07, 6.45) is 0.139. The van der Waals surface area contributed by atoms with E-state index in [1.165, 1.54) is 4.31 Å². The number of hydrogen-bond donors (Lipinski definition) is 0. The number of anilines is 1. The molecule has 3 aliphatic heterocycles. The number of carbonyl (C=O) groups excluding carboxylic acids is 2. The summed E-state index contributed by atoms with van der Waals surface area (Å²) in [7, 11) is -3.45. The van der Waals surface area contributed by atoms with Crippen molar-refractivity contribution in [2.45, 2.75) is 12.2 Å². The summed E-state index contributed by atoms with van der Waals surface area (Å²) in [6, 6.07) is 14.4. The predicted molar refractivity (Wildman–Crippen MR) is 125 cm³/mol. The molecule has 0 bridgehead atoms. The first-order chi connectivity index (χ1) is 16.4. The molecule has 2 saturated heterocycles. The van der Waals surface area contributed by atoms with Crippen molar-refractivity contribution in [3.8, 4) is 11.5 Å². The van der Waals surface area contributed by atoms with Crippen LogP contribution in [-0.4, -0.2) is 75.4 Å². The highest BCUT2D eigenvalue weighted by atomic mass is 32.2. The third kappa shape index (κ3) is 4.60. The Morgan fingerprint density at radius 2 is 1.65 bits per heavy atom. The largest absolute Gasteiger partial charge is 0.486 e. The predicted octanol–water partition coefficient (Wildman–Crippen LogP) is 1.48. The van der Waals surface area contributed by atoms with Crippen LogP contribution >= 0.6 is 0 Å². The van der Waals surface area contributed by atoms with Crippen molar-refractivity contribution >= 4 is 27.5 Å². The van der Waals surface area contributed by atoms with E-state index in [2.05, 4.69) is 0 Å². The minimum absolute atomic E-state index is 0.0522.